The van der Waals surface area contributed by atoms with Gasteiger partial charge in [-0.3, -0.25) is 4.79 Å². The Labute approximate surface area is 111 Å². The maximum absolute atomic E-state index is 12.0. The minimum Gasteiger partial charge on any atom is -0.480 e. The van der Waals surface area contributed by atoms with Gasteiger partial charge in [0, 0.05) is 12.1 Å². The molecule has 0 spiro atoms. The van der Waals surface area contributed by atoms with Crippen molar-refractivity contribution in [2.75, 3.05) is 18.1 Å². The van der Waals surface area contributed by atoms with Gasteiger partial charge in [-0.25, -0.2) is 13.2 Å². The normalized spacial score (nSPS) is 25.6. The lowest BCUT2D eigenvalue weighted by Crippen LogP contribution is -2.52. The van der Waals surface area contributed by atoms with Gasteiger partial charge in [0.05, 0.1) is 11.5 Å². The van der Waals surface area contributed by atoms with Gasteiger partial charge < -0.3 is 15.3 Å². The molecule has 1 aliphatic heterocycles. The van der Waals surface area contributed by atoms with E-state index in [4.69, 9.17) is 5.11 Å². The fourth-order valence-corrected chi connectivity index (χ4v) is 4.07. The molecule has 7 nitrogen and oxygen atoms in total. The van der Waals surface area contributed by atoms with Crippen molar-refractivity contribution in [3.05, 3.63) is 0 Å². The van der Waals surface area contributed by atoms with Crippen LogP contribution < -0.4 is 5.32 Å². The summed E-state index contributed by atoms with van der Waals surface area (Å²) in [7, 11) is -3.14. The summed E-state index contributed by atoms with van der Waals surface area (Å²) in [5.74, 6) is -1.25. The van der Waals surface area contributed by atoms with Gasteiger partial charge in [-0.1, -0.05) is 0 Å². The first-order valence-corrected chi connectivity index (χ1v) is 8.19. The number of hydrogen-bond acceptors (Lipinski definition) is 4. The van der Waals surface area contributed by atoms with E-state index in [0.29, 0.717) is 6.42 Å². The fourth-order valence-electron chi connectivity index (χ4n) is 2.34. The van der Waals surface area contributed by atoms with Crippen molar-refractivity contribution in [3.63, 3.8) is 0 Å². The number of sulfone groups is 1. The van der Waals surface area contributed by atoms with Gasteiger partial charge >= 0.3 is 12.0 Å². The molecule has 1 saturated heterocycles. The van der Waals surface area contributed by atoms with Crippen molar-refractivity contribution in [1.29, 1.82) is 0 Å². The molecule has 19 heavy (non-hydrogen) atoms. The first kappa shape index (κ1) is 14.1. The zero-order valence-electron chi connectivity index (χ0n) is 10.5. The maximum Gasteiger partial charge on any atom is 0.323 e. The van der Waals surface area contributed by atoms with Crippen molar-refractivity contribution >= 4 is 21.8 Å². The van der Waals surface area contributed by atoms with Crippen LogP contribution in [0, 0.1) is 0 Å². The van der Waals surface area contributed by atoms with Crippen LogP contribution in [0.3, 0.4) is 0 Å². The number of carbonyl (C=O) groups excluding carboxylic acids is 1. The molecule has 1 saturated carbocycles. The van der Waals surface area contributed by atoms with Crippen LogP contribution in [-0.4, -0.2) is 60.6 Å². The average Bonchev–Trinajstić information content (AvgIpc) is 2.60. The second kappa shape index (κ2) is 5.36. The van der Waals surface area contributed by atoms with Crippen LogP contribution >= 0.6 is 0 Å². The van der Waals surface area contributed by atoms with Crippen molar-refractivity contribution in [2.45, 2.75) is 37.8 Å². The monoisotopic (exact) mass is 290 g/mol. The quantitative estimate of drug-likeness (QED) is 0.747. The van der Waals surface area contributed by atoms with Crippen molar-refractivity contribution in [2.24, 2.45) is 0 Å². The lowest BCUT2D eigenvalue weighted by atomic mass is 9.93. The van der Waals surface area contributed by atoms with E-state index < -0.39 is 34.4 Å². The molecule has 0 bridgehead atoms. The predicted molar refractivity (Wildman–Crippen MR) is 67.6 cm³/mol. The third kappa shape index (κ3) is 3.59. The molecule has 1 heterocycles. The Kier molecular flexibility index (Phi) is 3.98. The fraction of sp³-hybridized carbons (Fsp3) is 0.818. The molecule has 2 aliphatic rings. The Morgan fingerprint density at radius 3 is 2.37 bits per heavy atom. The molecule has 2 amide bonds. The summed E-state index contributed by atoms with van der Waals surface area (Å²) in [6, 6.07) is -0.891. The van der Waals surface area contributed by atoms with Crippen LogP contribution in [0.4, 0.5) is 4.79 Å². The summed E-state index contributed by atoms with van der Waals surface area (Å²) < 4.78 is 22.9. The molecule has 2 fully saturated rings. The van der Waals surface area contributed by atoms with Gasteiger partial charge in [0.15, 0.2) is 9.84 Å². The number of nitrogens with zero attached hydrogens (tertiary/aromatic N) is 1. The number of amides is 2. The van der Waals surface area contributed by atoms with Crippen molar-refractivity contribution in [3.8, 4) is 0 Å². The first-order valence-electron chi connectivity index (χ1n) is 6.37. The number of carbonyl (C=O) groups is 2. The Bertz CT molecular complexity index is 471. The van der Waals surface area contributed by atoms with Crippen LogP contribution in [-0.2, 0) is 14.6 Å². The van der Waals surface area contributed by atoms with E-state index in [2.05, 4.69) is 5.32 Å². The summed E-state index contributed by atoms with van der Waals surface area (Å²) in [6.45, 7) is -0.460. The standard InChI is InChI=1S/C11H18N2O5S/c14-10(15)6-13(9-4-5-19(17,18)7-9)11(16)12-8-2-1-3-8/h8-9H,1-7H2,(H,12,16)(H,14,15). The molecule has 0 radical (unpaired) electrons. The molecule has 1 aliphatic carbocycles. The maximum atomic E-state index is 12.0. The topological polar surface area (TPSA) is 104 Å². The number of urea groups is 1. The summed E-state index contributed by atoms with van der Waals surface area (Å²) in [6.07, 6.45) is 3.17. The Morgan fingerprint density at radius 2 is 1.95 bits per heavy atom. The van der Waals surface area contributed by atoms with E-state index in [1.165, 1.54) is 0 Å². The third-order valence-electron chi connectivity index (χ3n) is 3.65. The second-order valence-electron chi connectivity index (χ2n) is 5.16. The molecular weight excluding hydrogens is 272 g/mol. The number of aliphatic carboxylic acids is 1. The summed E-state index contributed by atoms with van der Waals surface area (Å²) >= 11 is 0. The zero-order valence-corrected chi connectivity index (χ0v) is 11.4. The third-order valence-corrected chi connectivity index (χ3v) is 5.40. The van der Waals surface area contributed by atoms with E-state index in [-0.39, 0.29) is 17.5 Å². The van der Waals surface area contributed by atoms with Crippen LogP contribution in [0.1, 0.15) is 25.7 Å². The van der Waals surface area contributed by atoms with Gasteiger partial charge in [-0.15, -0.1) is 0 Å². The van der Waals surface area contributed by atoms with Crippen LogP contribution in [0.25, 0.3) is 0 Å². The molecule has 0 aromatic carbocycles. The zero-order chi connectivity index (χ0) is 14.0. The first-order chi connectivity index (χ1) is 8.87. The average molecular weight is 290 g/mol. The van der Waals surface area contributed by atoms with Crippen molar-refractivity contribution < 1.29 is 23.1 Å². The molecule has 108 valence electrons. The molecule has 1 atom stereocenters. The smallest absolute Gasteiger partial charge is 0.323 e. The van der Waals surface area contributed by atoms with Crippen LogP contribution in [0.5, 0.6) is 0 Å². The predicted octanol–water partition coefficient (Wildman–Crippen LogP) is -0.178. The van der Waals surface area contributed by atoms with Crippen molar-refractivity contribution in [1.82, 2.24) is 10.2 Å². The molecular formula is C11H18N2O5S. The van der Waals surface area contributed by atoms with E-state index >= 15 is 0 Å². The minimum absolute atomic E-state index is 0.0183. The Hall–Kier alpha value is -1.31. The summed E-state index contributed by atoms with van der Waals surface area (Å²) in [5.41, 5.74) is 0. The number of rotatable bonds is 4. The number of nitrogens with one attached hydrogen (secondary N) is 1. The number of carboxylic acid groups (broad SMARTS) is 1. The van der Waals surface area contributed by atoms with Crippen LogP contribution in [0.15, 0.2) is 0 Å². The second-order valence-corrected chi connectivity index (χ2v) is 7.38. The Morgan fingerprint density at radius 1 is 1.26 bits per heavy atom. The van der Waals surface area contributed by atoms with E-state index in [9.17, 15) is 18.0 Å². The number of carboxylic acids is 1. The molecule has 2 N–H and O–H groups in total. The largest absolute Gasteiger partial charge is 0.480 e. The summed E-state index contributed by atoms with van der Waals surface area (Å²) in [4.78, 5) is 24.0. The molecule has 8 heteroatoms. The summed E-state index contributed by atoms with van der Waals surface area (Å²) in [5, 5.41) is 11.6. The van der Waals surface area contributed by atoms with E-state index in [0.717, 1.165) is 24.2 Å². The molecule has 0 aromatic rings. The lowest BCUT2D eigenvalue weighted by Gasteiger charge is -2.32. The highest BCUT2D eigenvalue weighted by Gasteiger charge is 2.36. The highest BCUT2D eigenvalue weighted by Crippen LogP contribution is 2.21. The van der Waals surface area contributed by atoms with Gasteiger partial charge in [0.2, 0.25) is 0 Å². The van der Waals surface area contributed by atoms with Gasteiger partial charge in [0.25, 0.3) is 0 Å². The molecule has 1 unspecified atom stereocenters. The molecule has 0 aromatic heterocycles. The Balaban J connectivity index is 2.02. The number of hydrogen-bond donors (Lipinski definition) is 2. The van der Waals surface area contributed by atoms with E-state index in [1.807, 2.05) is 0 Å². The lowest BCUT2D eigenvalue weighted by molar-refractivity contribution is -0.138. The van der Waals surface area contributed by atoms with E-state index in [1.54, 1.807) is 0 Å². The highest BCUT2D eigenvalue weighted by molar-refractivity contribution is 7.91. The molecule has 2 rings (SSSR count). The SMILES string of the molecule is O=C(O)CN(C(=O)NC1CCC1)C1CCS(=O)(=O)C1. The highest BCUT2D eigenvalue weighted by atomic mass is 32.2. The van der Waals surface area contributed by atoms with Crippen LogP contribution in [0.2, 0.25) is 0 Å². The minimum atomic E-state index is -3.14. The van der Waals surface area contributed by atoms with Gasteiger partial charge in [-0.05, 0) is 25.7 Å². The van der Waals surface area contributed by atoms with Gasteiger partial charge in [-0.2, -0.15) is 0 Å². The van der Waals surface area contributed by atoms with Gasteiger partial charge in [0.1, 0.15) is 6.54 Å².